The topological polar surface area (TPSA) is 58.8 Å². The lowest BCUT2D eigenvalue weighted by Crippen LogP contribution is -2.04. The van der Waals surface area contributed by atoms with Gasteiger partial charge in [-0.15, -0.1) is 0 Å². The van der Waals surface area contributed by atoms with E-state index in [1.807, 2.05) is 36.4 Å². The highest BCUT2D eigenvalue weighted by atomic mass is 35.5. The van der Waals surface area contributed by atoms with Gasteiger partial charge in [-0.25, -0.2) is 0 Å². The zero-order valence-electron chi connectivity index (χ0n) is 16.2. The first-order valence-electron chi connectivity index (χ1n) is 9.70. The highest BCUT2D eigenvalue weighted by Crippen LogP contribution is 2.31. The molecule has 0 saturated carbocycles. The Kier molecular flexibility index (Phi) is 4.57. The molecule has 0 aliphatic rings. The summed E-state index contributed by atoms with van der Waals surface area (Å²) in [4.78, 5) is 26.8. The third-order valence-corrected chi connectivity index (χ3v) is 5.61. The molecule has 5 heteroatoms. The van der Waals surface area contributed by atoms with Crippen molar-refractivity contribution in [1.29, 1.82) is 0 Å². The van der Waals surface area contributed by atoms with Crippen LogP contribution in [-0.4, -0.2) is 21.1 Å². The summed E-state index contributed by atoms with van der Waals surface area (Å²) in [5.74, 6) is -0.758. The molecule has 0 radical (unpaired) electrons. The molecule has 5 aromatic rings. The van der Waals surface area contributed by atoms with Crippen LogP contribution in [0, 0.1) is 0 Å². The smallest absolute Gasteiger partial charge is 0.209 e. The molecule has 5 rings (SSSR count). The van der Waals surface area contributed by atoms with Crippen LogP contribution in [0.1, 0.15) is 32.0 Å². The number of benzene rings is 3. The third kappa shape index (κ3) is 3.18. The molecule has 0 fully saturated rings. The molecule has 0 bridgehead atoms. The van der Waals surface area contributed by atoms with E-state index in [4.69, 9.17) is 11.6 Å². The molecule has 0 unspecified atom stereocenters. The minimum atomic E-state index is -0.402. The summed E-state index contributed by atoms with van der Waals surface area (Å²) < 4.78 is 1.74. The monoisotopic (exact) mass is 425 g/mol. The lowest BCUT2D eigenvalue weighted by atomic mass is 10.0. The number of rotatable bonds is 4. The van der Waals surface area contributed by atoms with Crippen LogP contribution in [-0.2, 0) is 0 Å². The van der Waals surface area contributed by atoms with E-state index < -0.39 is 5.78 Å². The minimum Gasteiger partial charge on any atom is -0.507 e. The number of phenolic OH excluding ortho intramolecular Hbond substituents is 1. The van der Waals surface area contributed by atoms with Gasteiger partial charge in [0.05, 0.1) is 16.8 Å². The Morgan fingerprint density at radius 2 is 1.52 bits per heavy atom. The normalized spacial score (nSPS) is 11.1. The summed E-state index contributed by atoms with van der Waals surface area (Å²) in [6.07, 6.45) is 1.79. The number of hydrogen-bond acceptors (Lipinski definition) is 3. The summed E-state index contributed by atoms with van der Waals surface area (Å²) in [5.41, 5.74) is 1.93. The molecule has 3 aromatic carbocycles. The van der Waals surface area contributed by atoms with E-state index in [0.717, 1.165) is 10.8 Å². The second kappa shape index (κ2) is 7.42. The molecule has 2 heterocycles. The van der Waals surface area contributed by atoms with Crippen LogP contribution in [0.15, 0.2) is 91.1 Å². The van der Waals surface area contributed by atoms with Crippen molar-refractivity contribution < 1.29 is 14.7 Å². The fourth-order valence-corrected chi connectivity index (χ4v) is 4.06. The summed E-state index contributed by atoms with van der Waals surface area (Å²) in [7, 11) is 0. The van der Waals surface area contributed by atoms with Crippen LogP contribution >= 0.6 is 11.6 Å². The maximum atomic E-state index is 13.5. The standard InChI is InChI=1S/C26H16ClNO3/c27-18-10-11-23(29)20(14-18)26(31)21-15-22(25(30)17-7-2-1-3-8-17)28-13-12-16-6-4-5-9-19(16)24(21)28/h1-15,29H. The van der Waals surface area contributed by atoms with Crippen molar-refractivity contribution in [1.82, 2.24) is 4.40 Å². The summed E-state index contributed by atoms with van der Waals surface area (Å²) >= 11 is 6.07. The van der Waals surface area contributed by atoms with Gasteiger partial charge in [0, 0.05) is 27.7 Å². The number of nitrogens with zero attached hydrogens (tertiary/aromatic N) is 1. The van der Waals surface area contributed by atoms with Crippen molar-refractivity contribution in [3.8, 4) is 5.75 Å². The van der Waals surface area contributed by atoms with Crippen molar-refractivity contribution in [2.24, 2.45) is 0 Å². The second-order valence-corrected chi connectivity index (χ2v) is 7.69. The Morgan fingerprint density at radius 3 is 2.32 bits per heavy atom. The number of fused-ring (bicyclic) bond motifs is 3. The zero-order valence-corrected chi connectivity index (χ0v) is 17.0. The van der Waals surface area contributed by atoms with Crippen molar-refractivity contribution in [2.75, 3.05) is 0 Å². The van der Waals surface area contributed by atoms with Crippen molar-refractivity contribution in [3.63, 3.8) is 0 Å². The lowest BCUT2D eigenvalue weighted by Gasteiger charge is -2.07. The van der Waals surface area contributed by atoms with E-state index in [9.17, 15) is 14.7 Å². The van der Waals surface area contributed by atoms with Gasteiger partial charge >= 0.3 is 0 Å². The quantitative estimate of drug-likeness (QED) is 0.364. The highest BCUT2D eigenvalue weighted by molar-refractivity contribution is 6.31. The predicted octanol–water partition coefficient (Wildman–Crippen LogP) is 5.91. The van der Waals surface area contributed by atoms with Crippen LogP contribution in [0.2, 0.25) is 5.02 Å². The summed E-state index contributed by atoms with van der Waals surface area (Å²) in [6, 6.07) is 24.5. The molecule has 4 nitrogen and oxygen atoms in total. The Hall–Kier alpha value is -3.89. The molecule has 2 aromatic heterocycles. The maximum absolute atomic E-state index is 13.5. The summed E-state index contributed by atoms with van der Waals surface area (Å²) in [5, 5.41) is 12.4. The molecule has 1 N–H and O–H groups in total. The minimum absolute atomic E-state index is 0.0895. The van der Waals surface area contributed by atoms with Gasteiger partial charge in [0.2, 0.25) is 5.78 Å². The Labute approximate surface area is 182 Å². The Balaban J connectivity index is 1.81. The number of pyridine rings is 1. The van der Waals surface area contributed by atoms with E-state index in [-0.39, 0.29) is 17.1 Å². The van der Waals surface area contributed by atoms with E-state index in [1.165, 1.54) is 18.2 Å². The van der Waals surface area contributed by atoms with Crippen LogP contribution in [0.3, 0.4) is 0 Å². The fourth-order valence-electron chi connectivity index (χ4n) is 3.89. The molecular formula is C26H16ClNO3. The second-order valence-electron chi connectivity index (χ2n) is 7.25. The number of aromatic hydroxyl groups is 1. The van der Waals surface area contributed by atoms with E-state index >= 15 is 0 Å². The predicted molar refractivity (Wildman–Crippen MR) is 121 cm³/mol. The van der Waals surface area contributed by atoms with Gasteiger partial charge in [-0.3, -0.25) is 9.59 Å². The van der Waals surface area contributed by atoms with Gasteiger partial charge in [0.15, 0.2) is 5.78 Å². The Bertz CT molecular complexity index is 1490. The molecule has 0 aliphatic carbocycles. The number of carbonyl (C=O) groups is 2. The van der Waals surface area contributed by atoms with Crippen molar-refractivity contribution >= 4 is 39.5 Å². The van der Waals surface area contributed by atoms with Gasteiger partial charge in [0.25, 0.3) is 0 Å². The van der Waals surface area contributed by atoms with Gasteiger partial charge in [0.1, 0.15) is 5.75 Å². The Morgan fingerprint density at radius 1 is 0.774 bits per heavy atom. The van der Waals surface area contributed by atoms with E-state index in [2.05, 4.69) is 0 Å². The fraction of sp³-hybridized carbons (Fsp3) is 0. The van der Waals surface area contributed by atoms with Crippen molar-refractivity contribution in [2.45, 2.75) is 0 Å². The first-order chi connectivity index (χ1) is 15.0. The average molecular weight is 426 g/mol. The molecule has 0 saturated heterocycles. The number of aromatic nitrogens is 1. The molecule has 0 spiro atoms. The molecule has 150 valence electrons. The summed E-state index contributed by atoms with van der Waals surface area (Å²) in [6.45, 7) is 0. The molecular weight excluding hydrogens is 410 g/mol. The van der Waals surface area contributed by atoms with Crippen LogP contribution in [0.5, 0.6) is 5.75 Å². The zero-order chi connectivity index (χ0) is 21.5. The number of halogens is 1. The number of carbonyl (C=O) groups excluding carboxylic acids is 2. The maximum Gasteiger partial charge on any atom is 0.209 e. The first-order valence-corrected chi connectivity index (χ1v) is 10.1. The van der Waals surface area contributed by atoms with Crippen LogP contribution < -0.4 is 0 Å². The molecule has 0 aliphatic heterocycles. The van der Waals surface area contributed by atoms with Gasteiger partial charge in [-0.1, -0.05) is 66.2 Å². The van der Waals surface area contributed by atoms with Crippen LogP contribution in [0.4, 0.5) is 0 Å². The van der Waals surface area contributed by atoms with Crippen molar-refractivity contribution in [3.05, 3.63) is 119 Å². The average Bonchev–Trinajstić information content (AvgIpc) is 3.20. The number of phenols is 1. The molecule has 31 heavy (non-hydrogen) atoms. The third-order valence-electron chi connectivity index (χ3n) is 5.37. The van der Waals surface area contributed by atoms with E-state index in [0.29, 0.717) is 27.4 Å². The lowest BCUT2D eigenvalue weighted by molar-refractivity contribution is 0.103. The van der Waals surface area contributed by atoms with Gasteiger partial charge in [-0.2, -0.15) is 0 Å². The number of hydrogen-bond donors (Lipinski definition) is 1. The highest BCUT2D eigenvalue weighted by Gasteiger charge is 2.24. The molecule has 0 atom stereocenters. The first kappa shape index (κ1) is 19.1. The largest absolute Gasteiger partial charge is 0.507 e. The van der Waals surface area contributed by atoms with E-state index in [1.54, 1.807) is 40.9 Å². The number of ketones is 2. The van der Waals surface area contributed by atoms with Crippen LogP contribution in [0.25, 0.3) is 16.3 Å². The van der Waals surface area contributed by atoms with Gasteiger partial charge < -0.3 is 9.51 Å². The molecule has 0 amide bonds. The van der Waals surface area contributed by atoms with Gasteiger partial charge in [-0.05, 0) is 35.7 Å². The SMILES string of the molecule is O=C(c1cc(Cl)ccc1O)c1cc(C(=O)c2ccccc2)n2ccc3ccccc3c12.